The Balaban J connectivity index is 1.08. The molecule has 0 N–H and O–H groups in total. The van der Waals surface area contributed by atoms with Gasteiger partial charge in [-0.2, -0.15) is 0 Å². The van der Waals surface area contributed by atoms with Crippen LogP contribution in [0.3, 0.4) is 0 Å². The molecule has 0 fully saturated rings. The van der Waals surface area contributed by atoms with Crippen molar-refractivity contribution in [3.05, 3.63) is 216 Å². The summed E-state index contributed by atoms with van der Waals surface area (Å²) in [4.78, 5) is 5.12. The maximum atomic E-state index is 6.41. The SMILES string of the molecule is CC(C)(C)c1ccc2c(c1)N(c1ccc(C3=CCCc4oc5ccccc5c43)cc1)c1cccc3c1B2c1ccc(C(C)(C)C)cc1N3c1ccc(-c2ccccc2)cc1-c1ccccc1. The van der Waals surface area contributed by atoms with E-state index in [0.29, 0.717) is 0 Å². The molecule has 1 aliphatic carbocycles. The number of allylic oxidation sites excluding steroid dienone is 1. The molecule has 0 bridgehead atoms. The van der Waals surface area contributed by atoms with Crippen LogP contribution in [-0.2, 0) is 17.3 Å². The molecule has 0 saturated carbocycles. The lowest BCUT2D eigenvalue weighted by Gasteiger charge is -2.45. The van der Waals surface area contributed by atoms with E-state index in [4.69, 9.17) is 4.42 Å². The van der Waals surface area contributed by atoms with Gasteiger partial charge in [0.25, 0.3) is 6.71 Å². The highest BCUT2D eigenvalue weighted by Crippen LogP contribution is 2.49. The van der Waals surface area contributed by atoms with Gasteiger partial charge in [-0.15, -0.1) is 0 Å². The highest BCUT2D eigenvalue weighted by Gasteiger charge is 2.44. The Bertz CT molecular complexity index is 3380. The van der Waals surface area contributed by atoms with E-state index < -0.39 is 0 Å². The molecule has 320 valence electrons. The lowest BCUT2D eigenvalue weighted by atomic mass is 9.33. The second-order valence-corrected chi connectivity index (χ2v) is 20.4. The molecule has 0 amide bonds. The van der Waals surface area contributed by atoms with Crippen LogP contribution in [0.1, 0.15) is 76.0 Å². The van der Waals surface area contributed by atoms with E-state index in [1.54, 1.807) is 0 Å². The lowest BCUT2D eigenvalue weighted by molar-refractivity contribution is 0.545. The lowest BCUT2D eigenvalue weighted by Crippen LogP contribution is -2.61. The molecule has 8 aromatic carbocycles. The van der Waals surface area contributed by atoms with Crippen molar-refractivity contribution in [2.24, 2.45) is 0 Å². The Kier molecular flexibility index (Phi) is 9.23. The number of hydrogen-bond acceptors (Lipinski definition) is 3. The first-order valence-corrected chi connectivity index (χ1v) is 23.6. The van der Waals surface area contributed by atoms with Gasteiger partial charge in [0.1, 0.15) is 11.3 Å². The second kappa shape index (κ2) is 15.1. The summed E-state index contributed by atoms with van der Waals surface area (Å²) < 4.78 is 6.41. The second-order valence-electron chi connectivity index (χ2n) is 20.4. The fourth-order valence-electron chi connectivity index (χ4n) is 10.9. The molecular weight excluding hydrogens is 800 g/mol. The maximum Gasteiger partial charge on any atom is 0.252 e. The van der Waals surface area contributed by atoms with Crippen LogP contribution in [0.25, 0.3) is 38.8 Å². The predicted molar refractivity (Wildman–Crippen MR) is 280 cm³/mol. The number of para-hydroxylation sites is 1. The van der Waals surface area contributed by atoms with Crippen molar-refractivity contribution in [1.29, 1.82) is 0 Å². The highest BCUT2D eigenvalue weighted by molar-refractivity contribution is 7.00. The summed E-state index contributed by atoms with van der Waals surface area (Å²) in [5, 5.41) is 1.19. The van der Waals surface area contributed by atoms with Gasteiger partial charge in [0.05, 0.1) is 5.69 Å². The third-order valence-corrected chi connectivity index (χ3v) is 14.3. The number of anilines is 6. The first kappa shape index (κ1) is 40.2. The van der Waals surface area contributed by atoms with Gasteiger partial charge < -0.3 is 14.2 Å². The summed E-state index contributed by atoms with van der Waals surface area (Å²) in [6, 6.07) is 68.1. The van der Waals surface area contributed by atoms with Crippen molar-refractivity contribution in [3.63, 3.8) is 0 Å². The Hall–Kier alpha value is -7.30. The smallest absolute Gasteiger partial charge is 0.252 e. The van der Waals surface area contributed by atoms with Crippen molar-refractivity contribution < 1.29 is 4.42 Å². The van der Waals surface area contributed by atoms with Gasteiger partial charge in [-0.05, 0) is 127 Å². The van der Waals surface area contributed by atoms with Gasteiger partial charge in [0.15, 0.2) is 0 Å². The molecule has 4 heteroatoms. The summed E-state index contributed by atoms with van der Waals surface area (Å²) in [5.41, 5.74) is 23.2. The van der Waals surface area contributed by atoms with E-state index >= 15 is 0 Å². The van der Waals surface area contributed by atoms with Crippen molar-refractivity contribution in [2.75, 3.05) is 9.80 Å². The van der Waals surface area contributed by atoms with E-state index in [-0.39, 0.29) is 17.5 Å². The topological polar surface area (TPSA) is 19.6 Å². The predicted octanol–water partition coefficient (Wildman–Crippen LogP) is 14.8. The molecule has 0 saturated heterocycles. The molecule has 3 aliphatic rings. The average Bonchev–Trinajstić information content (AvgIpc) is 3.73. The Morgan fingerprint density at radius 3 is 1.73 bits per heavy atom. The van der Waals surface area contributed by atoms with Crippen LogP contribution < -0.4 is 26.2 Å². The van der Waals surface area contributed by atoms with Gasteiger partial charge in [-0.3, -0.25) is 0 Å². The fraction of sp³-hybridized carbons (Fsp3) is 0.161. The largest absolute Gasteiger partial charge is 0.460 e. The summed E-state index contributed by atoms with van der Waals surface area (Å²) in [6.45, 7) is 14.0. The number of rotatable bonds is 5. The molecule has 3 nitrogen and oxygen atoms in total. The molecular formula is C62H53BN2O. The van der Waals surface area contributed by atoms with Crippen molar-refractivity contribution in [2.45, 2.75) is 65.2 Å². The molecule has 12 rings (SSSR count). The number of fused-ring (bicyclic) bond motifs is 7. The number of furan rings is 1. The van der Waals surface area contributed by atoms with Crippen LogP contribution in [0.5, 0.6) is 0 Å². The van der Waals surface area contributed by atoms with E-state index in [1.165, 1.54) is 94.6 Å². The van der Waals surface area contributed by atoms with Crippen LogP contribution in [0.2, 0.25) is 0 Å². The zero-order valence-electron chi connectivity index (χ0n) is 38.7. The van der Waals surface area contributed by atoms with Crippen molar-refractivity contribution in [1.82, 2.24) is 0 Å². The van der Waals surface area contributed by atoms with Gasteiger partial charge >= 0.3 is 0 Å². The Labute approximate surface area is 389 Å². The summed E-state index contributed by atoms with van der Waals surface area (Å²) in [5.74, 6) is 1.09. The summed E-state index contributed by atoms with van der Waals surface area (Å²) in [7, 11) is 0. The van der Waals surface area contributed by atoms with E-state index in [2.05, 4.69) is 239 Å². The third kappa shape index (κ3) is 6.49. The minimum absolute atomic E-state index is 0.0277. The van der Waals surface area contributed by atoms with Gasteiger partial charge in [-0.1, -0.05) is 175 Å². The van der Waals surface area contributed by atoms with Gasteiger partial charge in [0, 0.05) is 51.4 Å². The number of aryl methyl sites for hydroxylation is 1. The standard InChI is InChI=1S/C62H53BN2O/c1-61(2,3)44-30-34-50-55(38-44)64(46-32-27-42(28-33-46)47-22-15-26-58-59(47)48-21-13-14-25-57(48)66-58)53-23-16-24-54-60(53)63(50)51-35-31-45(62(4,5)6)39-56(51)65(54)52-36-29-43(40-17-9-7-10-18-40)37-49(52)41-19-11-8-12-20-41/h7-14,16-25,27-39H,15,26H2,1-6H3. The normalized spacial score (nSPS) is 14.1. The number of benzene rings is 8. The first-order chi connectivity index (χ1) is 32.0. The molecule has 66 heavy (non-hydrogen) atoms. The zero-order valence-corrected chi connectivity index (χ0v) is 38.7. The zero-order chi connectivity index (χ0) is 44.9. The molecule has 0 unspecified atom stereocenters. The van der Waals surface area contributed by atoms with Gasteiger partial charge in [0.2, 0.25) is 0 Å². The average molecular weight is 853 g/mol. The Morgan fingerprint density at radius 1 is 0.470 bits per heavy atom. The summed E-state index contributed by atoms with van der Waals surface area (Å²) >= 11 is 0. The van der Waals surface area contributed by atoms with Crippen LogP contribution in [0.15, 0.2) is 192 Å². The maximum absolute atomic E-state index is 6.41. The summed E-state index contributed by atoms with van der Waals surface area (Å²) in [6.07, 6.45) is 4.29. The van der Waals surface area contributed by atoms with E-state index in [0.717, 1.165) is 35.6 Å². The molecule has 9 aromatic rings. The highest BCUT2D eigenvalue weighted by atomic mass is 16.3. The van der Waals surface area contributed by atoms with E-state index in [9.17, 15) is 0 Å². The van der Waals surface area contributed by atoms with Crippen molar-refractivity contribution >= 4 is 73.8 Å². The first-order valence-electron chi connectivity index (χ1n) is 23.6. The van der Waals surface area contributed by atoms with Gasteiger partial charge in [-0.25, -0.2) is 0 Å². The number of hydrogen-bond donors (Lipinski definition) is 0. The monoisotopic (exact) mass is 852 g/mol. The number of nitrogens with zero attached hydrogens (tertiary/aromatic N) is 2. The Morgan fingerprint density at radius 2 is 1.06 bits per heavy atom. The van der Waals surface area contributed by atoms with Crippen LogP contribution in [-0.4, -0.2) is 6.71 Å². The molecule has 0 spiro atoms. The van der Waals surface area contributed by atoms with Crippen molar-refractivity contribution in [3.8, 4) is 22.3 Å². The molecule has 0 radical (unpaired) electrons. The minimum atomic E-state index is -0.0444. The third-order valence-electron chi connectivity index (χ3n) is 14.3. The van der Waals surface area contributed by atoms with Crippen LogP contribution in [0, 0.1) is 0 Å². The van der Waals surface area contributed by atoms with E-state index in [1.807, 2.05) is 0 Å². The molecule has 3 heterocycles. The minimum Gasteiger partial charge on any atom is -0.460 e. The molecule has 2 aliphatic heterocycles. The molecule has 0 atom stereocenters. The molecule has 1 aromatic heterocycles. The van der Waals surface area contributed by atoms with Crippen LogP contribution in [0.4, 0.5) is 34.1 Å². The quantitative estimate of drug-likeness (QED) is 0.161. The van der Waals surface area contributed by atoms with Crippen LogP contribution >= 0.6 is 0 Å². The fourth-order valence-corrected chi connectivity index (χ4v) is 10.9.